The Kier molecular flexibility index (Phi) is 6.37. The number of aromatic nitrogens is 1. The smallest absolute Gasteiger partial charge is 0.344 e. The van der Waals surface area contributed by atoms with Gasteiger partial charge in [-0.2, -0.15) is 0 Å². The Labute approximate surface area is 160 Å². The van der Waals surface area contributed by atoms with Crippen molar-refractivity contribution in [2.24, 2.45) is 0 Å². The molecule has 0 radical (unpaired) electrons. The van der Waals surface area contributed by atoms with Crippen LogP contribution in [0.2, 0.25) is 0 Å². The first-order valence-electron chi connectivity index (χ1n) is 8.02. The van der Waals surface area contributed by atoms with Crippen LogP contribution in [0.5, 0.6) is 5.75 Å². The summed E-state index contributed by atoms with van der Waals surface area (Å²) in [5.41, 5.74) is 1.96. The van der Waals surface area contributed by atoms with E-state index in [0.717, 1.165) is 4.47 Å². The third-order valence-corrected chi connectivity index (χ3v) is 4.41. The molecule has 0 bridgehead atoms. The number of nitrogens with one attached hydrogen (secondary N) is 1. The fourth-order valence-electron chi connectivity index (χ4n) is 2.69. The minimum Gasteiger partial charge on any atom is -0.482 e. The lowest BCUT2D eigenvalue weighted by Gasteiger charge is -2.13. The van der Waals surface area contributed by atoms with Crippen LogP contribution in [0.1, 0.15) is 46.0 Å². The highest BCUT2D eigenvalue weighted by atomic mass is 79.9. The van der Waals surface area contributed by atoms with Crippen LogP contribution >= 0.6 is 15.9 Å². The average molecular weight is 422 g/mol. The number of esters is 1. The molecule has 2 aromatic rings. The lowest BCUT2D eigenvalue weighted by atomic mass is 10.0. The second kappa shape index (κ2) is 8.31. The molecule has 2 rings (SSSR count). The summed E-state index contributed by atoms with van der Waals surface area (Å²) in [5.74, 6) is -0.648. The number of benzene rings is 1. The molecule has 0 aliphatic carbocycles. The third-order valence-electron chi connectivity index (χ3n) is 3.88. The monoisotopic (exact) mass is 421 g/mol. The van der Waals surface area contributed by atoms with E-state index < -0.39 is 17.9 Å². The van der Waals surface area contributed by atoms with Gasteiger partial charge in [0, 0.05) is 15.7 Å². The van der Waals surface area contributed by atoms with Gasteiger partial charge in [0.05, 0.1) is 5.69 Å². The first-order valence-corrected chi connectivity index (χ1v) is 8.82. The summed E-state index contributed by atoms with van der Waals surface area (Å²) in [5, 5.41) is 0. The van der Waals surface area contributed by atoms with Crippen LogP contribution in [-0.4, -0.2) is 35.2 Å². The fourth-order valence-corrected chi connectivity index (χ4v) is 2.95. The van der Waals surface area contributed by atoms with Gasteiger partial charge in [-0.05, 0) is 57.5 Å². The van der Waals surface area contributed by atoms with Crippen molar-refractivity contribution in [1.29, 1.82) is 0 Å². The predicted molar refractivity (Wildman–Crippen MR) is 99.8 cm³/mol. The van der Waals surface area contributed by atoms with E-state index in [2.05, 4.69) is 20.9 Å². The minimum atomic E-state index is -0.993. The Bertz CT molecular complexity index is 838. The second-order valence-electron chi connectivity index (χ2n) is 5.92. The van der Waals surface area contributed by atoms with E-state index in [1.807, 2.05) is 0 Å². The number of ether oxygens (including phenoxy) is 2. The third kappa shape index (κ3) is 4.60. The van der Waals surface area contributed by atoms with Gasteiger partial charge in [0.15, 0.2) is 18.5 Å². The van der Waals surface area contributed by atoms with E-state index in [9.17, 15) is 14.4 Å². The zero-order valence-corrected chi connectivity index (χ0v) is 16.6. The molecule has 1 N–H and O–H groups in total. The highest BCUT2D eigenvalue weighted by Crippen LogP contribution is 2.20. The van der Waals surface area contributed by atoms with Crippen molar-refractivity contribution in [1.82, 2.24) is 4.98 Å². The number of halogens is 1. The second-order valence-corrected chi connectivity index (χ2v) is 6.84. The number of hydrogen-bond acceptors (Lipinski definition) is 5. The molecule has 1 aromatic heterocycles. The summed E-state index contributed by atoms with van der Waals surface area (Å²) in [7, 11) is 0. The molecule has 0 saturated carbocycles. The van der Waals surface area contributed by atoms with E-state index >= 15 is 0 Å². The van der Waals surface area contributed by atoms with Crippen molar-refractivity contribution in [2.45, 2.75) is 33.8 Å². The molecule has 6 nitrogen and oxygen atoms in total. The van der Waals surface area contributed by atoms with Crippen LogP contribution in [0.3, 0.4) is 0 Å². The molecule has 7 heteroatoms. The van der Waals surface area contributed by atoms with E-state index in [4.69, 9.17) is 9.47 Å². The SMILES string of the molecule is CC(=O)c1c(C)[nH]c(C(=O)[C@@H](C)OC(=O)COc2ccc(Br)cc2)c1C. The Morgan fingerprint density at radius 3 is 2.31 bits per heavy atom. The molecular formula is C19H20BrNO5. The van der Waals surface area contributed by atoms with Gasteiger partial charge in [0.1, 0.15) is 5.75 Å². The molecule has 0 saturated heterocycles. The number of hydrogen-bond donors (Lipinski definition) is 1. The molecule has 138 valence electrons. The lowest BCUT2D eigenvalue weighted by Crippen LogP contribution is -2.28. The molecular weight excluding hydrogens is 402 g/mol. The van der Waals surface area contributed by atoms with Crippen molar-refractivity contribution in [2.75, 3.05) is 6.61 Å². The van der Waals surface area contributed by atoms with Gasteiger partial charge in [-0.15, -0.1) is 0 Å². The van der Waals surface area contributed by atoms with Gasteiger partial charge in [0.25, 0.3) is 0 Å². The maximum atomic E-state index is 12.5. The van der Waals surface area contributed by atoms with Gasteiger partial charge in [0.2, 0.25) is 5.78 Å². The summed E-state index contributed by atoms with van der Waals surface area (Å²) in [6, 6.07) is 6.99. The van der Waals surface area contributed by atoms with Crippen molar-refractivity contribution >= 4 is 33.5 Å². The highest BCUT2D eigenvalue weighted by molar-refractivity contribution is 9.10. The van der Waals surface area contributed by atoms with Crippen LogP contribution in [0.25, 0.3) is 0 Å². The van der Waals surface area contributed by atoms with Gasteiger partial charge in [-0.1, -0.05) is 15.9 Å². The standard InChI is InChI=1S/C19H20BrNO5/c1-10-17(12(3)22)11(2)21-18(10)19(24)13(4)26-16(23)9-25-15-7-5-14(20)6-8-15/h5-8,13,21H,9H2,1-4H3/t13-/m1/s1. The summed E-state index contributed by atoms with van der Waals surface area (Å²) in [4.78, 5) is 39.0. The number of ketones is 2. The number of carbonyl (C=O) groups excluding carboxylic acids is 3. The Morgan fingerprint density at radius 1 is 1.15 bits per heavy atom. The van der Waals surface area contributed by atoms with Gasteiger partial charge in [-0.25, -0.2) is 4.79 Å². The molecule has 1 heterocycles. The van der Waals surface area contributed by atoms with Gasteiger partial charge < -0.3 is 14.5 Å². The first-order chi connectivity index (χ1) is 12.2. The molecule has 0 unspecified atom stereocenters. The molecule has 26 heavy (non-hydrogen) atoms. The van der Waals surface area contributed by atoms with Crippen molar-refractivity contribution < 1.29 is 23.9 Å². The fraction of sp³-hybridized carbons (Fsp3) is 0.316. The number of Topliss-reactive ketones (excluding diaryl/α,β-unsaturated/α-hetero) is 2. The topological polar surface area (TPSA) is 85.5 Å². The molecule has 1 aromatic carbocycles. The molecule has 0 amide bonds. The Hall–Kier alpha value is -2.41. The van der Waals surface area contributed by atoms with Crippen LogP contribution in [0, 0.1) is 13.8 Å². The summed E-state index contributed by atoms with van der Waals surface area (Å²) < 4.78 is 11.4. The van der Waals surface area contributed by atoms with E-state index in [1.165, 1.54) is 13.8 Å². The van der Waals surface area contributed by atoms with Crippen LogP contribution < -0.4 is 4.74 Å². The molecule has 0 aliphatic rings. The summed E-state index contributed by atoms with van der Waals surface area (Å²) in [6.07, 6.45) is -0.993. The van der Waals surface area contributed by atoms with E-state index in [0.29, 0.717) is 22.6 Å². The van der Waals surface area contributed by atoms with E-state index in [-0.39, 0.29) is 18.1 Å². The normalized spacial score (nSPS) is 11.7. The maximum absolute atomic E-state index is 12.5. The summed E-state index contributed by atoms with van der Waals surface area (Å²) >= 11 is 3.31. The number of carbonyl (C=O) groups is 3. The van der Waals surface area contributed by atoms with Gasteiger partial charge >= 0.3 is 5.97 Å². The van der Waals surface area contributed by atoms with Gasteiger partial charge in [-0.3, -0.25) is 9.59 Å². The Morgan fingerprint density at radius 2 is 1.77 bits per heavy atom. The Balaban J connectivity index is 1.98. The predicted octanol–water partition coefficient (Wildman–Crippen LogP) is 3.79. The maximum Gasteiger partial charge on any atom is 0.344 e. The highest BCUT2D eigenvalue weighted by Gasteiger charge is 2.26. The molecule has 0 fully saturated rings. The summed E-state index contributed by atoms with van der Waals surface area (Å²) in [6.45, 7) is 6.05. The molecule has 0 spiro atoms. The number of rotatable bonds is 7. The quantitative estimate of drug-likeness (QED) is 0.542. The number of H-pyrrole nitrogens is 1. The number of aryl methyl sites for hydroxylation is 1. The zero-order chi connectivity index (χ0) is 19.4. The largest absolute Gasteiger partial charge is 0.482 e. The lowest BCUT2D eigenvalue weighted by molar-refractivity contribution is -0.148. The van der Waals surface area contributed by atoms with Crippen LogP contribution in [0.15, 0.2) is 28.7 Å². The molecule has 1 atom stereocenters. The van der Waals surface area contributed by atoms with E-state index in [1.54, 1.807) is 38.1 Å². The van der Waals surface area contributed by atoms with Crippen LogP contribution in [-0.2, 0) is 9.53 Å². The number of aromatic amines is 1. The average Bonchev–Trinajstić information content (AvgIpc) is 2.88. The zero-order valence-electron chi connectivity index (χ0n) is 15.0. The van der Waals surface area contributed by atoms with Crippen molar-refractivity contribution in [3.8, 4) is 5.75 Å². The van der Waals surface area contributed by atoms with Crippen LogP contribution in [0.4, 0.5) is 0 Å². The first kappa shape index (κ1) is 19.9. The minimum absolute atomic E-state index is 0.122. The molecule has 0 aliphatic heterocycles. The van der Waals surface area contributed by atoms with Crippen molar-refractivity contribution in [3.05, 3.63) is 51.3 Å². The van der Waals surface area contributed by atoms with Crippen molar-refractivity contribution in [3.63, 3.8) is 0 Å².